The molecule has 0 heterocycles. The van der Waals surface area contributed by atoms with Gasteiger partial charge in [-0.1, -0.05) is 0 Å². The number of hydrogen-bond donors (Lipinski definition) is 2. The van der Waals surface area contributed by atoms with E-state index in [1.54, 1.807) is 0 Å². The Bertz CT molecular complexity index is 658. The van der Waals surface area contributed by atoms with E-state index in [0.717, 1.165) is 11.4 Å². The Balaban J connectivity index is 3.03. The van der Waals surface area contributed by atoms with Gasteiger partial charge < -0.3 is 11.5 Å². The Morgan fingerprint density at radius 2 is 0.545 bits per heavy atom. The van der Waals surface area contributed by atoms with Crippen LogP contribution in [0.2, 0.25) is 0 Å². The highest BCUT2D eigenvalue weighted by molar-refractivity contribution is 5.85. The number of benzene rings is 2. The summed E-state index contributed by atoms with van der Waals surface area (Å²) in [6.45, 7) is 17.1. The second kappa shape index (κ2) is 5.35. The maximum atomic E-state index is 6.27. The van der Waals surface area contributed by atoms with Crippen LogP contribution in [-0.4, -0.2) is 0 Å². The first-order valence-corrected chi connectivity index (χ1v) is 7.83. The van der Waals surface area contributed by atoms with E-state index in [2.05, 4.69) is 55.4 Å². The Hall–Kier alpha value is -1.96. The zero-order valence-corrected chi connectivity index (χ0v) is 15.2. The van der Waals surface area contributed by atoms with Crippen LogP contribution < -0.4 is 11.5 Å². The van der Waals surface area contributed by atoms with Crippen molar-refractivity contribution < 1.29 is 0 Å². The molecule has 22 heavy (non-hydrogen) atoms. The minimum Gasteiger partial charge on any atom is -0.398 e. The molecule has 0 aliphatic carbocycles. The van der Waals surface area contributed by atoms with Crippen LogP contribution in [0.3, 0.4) is 0 Å². The van der Waals surface area contributed by atoms with Crippen molar-refractivity contribution in [3.8, 4) is 11.1 Å². The molecule has 0 amide bonds. The fourth-order valence-corrected chi connectivity index (χ4v) is 3.43. The first-order chi connectivity index (χ1) is 10.1. The number of anilines is 2. The van der Waals surface area contributed by atoms with E-state index in [-0.39, 0.29) is 0 Å². The smallest absolute Gasteiger partial charge is 0.0379 e. The zero-order valence-electron chi connectivity index (χ0n) is 15.2. The first kappa shape index (κ1) is 16.4. The molecule has 0 bridgehead atoms. The molecule has 4 N–H and O–H groups in total. The van der Waals surface area contributed by atoms with E-state index in [9.17, 15) is 0 Å². The van der Waals surface area contributed by atoms with Gasteiger partial charge in [0.1, 0.15) is 0 Å². The van der Waals surface area contributed by atoms with Gasteiger partial charge in [-0.3, -0.25) is 0 Å². The summed E-state index contributed by atoms with van der Waals surface area (Å²) in [7, 11) is 0. The normalized spacial score (nSPS) is 11.1. The molecule has 2 aromatic carbocycles. The molecule has 0 radical (unpaired) electrons. The largest absolute Gasteiger partial charge is 0.398 e. The summed E-state index contributed by atoms with van der Waals surface area (Å²) in [5, 5.41) is 0. The highest BCUT2D eigenvalue weighted by Gasteiger charge is 2.20. The topological polar surface area (TPSA) is 52.0 Å². The molecule has 0 aromatic heterocycles. The van der Waals surface area contributed by atoms with Crippen molar-refractivity contribution in [3.63, 3.8) is 0 Å². The van der Waals surface area contributed by atoms with Crippen LogP contribution in [0.25, 0.3) is 11.1 Å². The molecular formula is C20H28N2. The minimum atomic E-state index is 0.915. The standard InChI is InChI=1S/C20H28N2/c1-9-13(5)19(21)14(6)10(2)17(9)18-11(3)15(7)20(22)16(8)12(18)4/h21-22H2,1-8H3. The summed E-state index contributed by atoms with van der Waals surface area (Å²) >= 11 is 0. The monoisotopic (exact) mass is 296 g/mol. The summed E-state index contributed by atoms with van der Waals surface area (Å²) in [6, 6.07) is 0. The average molecular weight is 296 g/mol. The molecule has 0 unspecified atom stereocenters. The SMILES string of the molecule is Cc1c(C)c(-c2c(C)c(C)c(N)c(C)c2C)c(C)c(C)c1N. The van der Waals surface area contributed by atoms with Crippen molar-refractivity contribution in [2.75, 3.05) is 11.5 Å². The van der Waals surface area contributed by atoms with Gasteiger partial charge in [-0.2, -0.15) is 0 Å². The van der Waals surface area contributed by atoms with Gasteiger partial charge in [0.15, 0.2) is 0 Å². The number of nitrogens with two attached hydrogens (primary N) is 2. The molecule has 0 saturated carbocycles. The lowest BCUT2D eigenvalue weighted by molar-refractivity contribution is 1.21. The van der Waals surface area contributed by atoms with Crippen LogP contribution in [0.1, 0.15) is 44.5 Å². The third-order valence-electron chi connectivity index (χ3n) is 5.62. The maximum Gasteiger partial charge on any atom is 0.0379 e. The van der Waals surface area contributed by atoms with E-state index >= 15 is 0 Å². The van der Waals surface area contributed by atoms with E-state index in [1.807, 2.05) is 0 Å². The van der Waals surface area contributed by atoms with Gasteiger partial charge in [0.25, 0.3) is 0 Å². The van der Waals surface area contributed by atoms with Crippen molar-refractivity contribution in [1.29, 1.82) is 0 Å². The quantitative estimate of drug-likeness (QED) is 0.729. The second-order valence-corrected chi connectivity index (χ2v) is 6.58. The van der Waals surface area contributed by atoms with Crippen LogP contribution in [0.5, 0.6) is 0 Å². The predicted octanol–water partition coefficient (Wildman–Crippen LogP) is 4.99. The summed E-state index contributed by atoms with van der Waals surface area (Å²) in [6.07, 6.45) is 0. The molecule has 0 aliphatic rings. The number of hydrogen-bond acceptors (Lipinski definition) is 2. The molecule has 0 saturated heterocycles. The van der Waals surface area contributed by atoms with Gasteiger partial charge in [0, 0.05) is 11.4 Å². The number of rotatable bonds is 1. The first-order valence-electron chi connectivity index (χ1n) is 7.83. The van der Waals surface area contributed by atoms with Gasteiger partial charge in [0.05, 0.1) is 0 Å². The molecule has 0 atom stereocenters. The highest BCUT2D eigenvalue weighted by atomic mass is 14.6. The number of nitrogen functional groups attached to an aromatic ring is 2. The lowest BCUT2D eigenvalue weighted by Gasteiger charge is -2.24. The minimum absolute atomic E-state index is 0.915. The molecule has 118 valence electrons. The van der Waals surface area contributed by atoms with E-state index in [0.29, 0.717) is 0 Å². The summed E-state index contributed by atoms with van der Waals surface area (Å²) in [5.41, 5.74) is 26.9. The lowest BCUT2D eigenvalue weighted by atomic mass is 9.82. The van der Waals surface area contributed by atoms with Crippen molar-refractivity contribution in [1.82, 2.24) is 0 Å². The molecule has 0 aliphatic heterocycles. The Labute approximate surface area is 134 Å². The summed E-state index contributed by atoms with van der Waals surface area (Å²) < 4.78 is 0. The molecule has 2 rings (SSSR count). The van der Waals surface area contributed by atoms with Crippen LogP contribution >= 0.6 is 0 Å². The van der Waals surface area contributed by atoms with Gasteiger partial charge in [-0.15, -0.1) is 0 Å². The summed E-state index contributed by atoms with van der Waals surface area (Å²) in [4.78, 5) is 0. The van der Waals surface area contributed by atoms with Gasteiger partial charge in [0.2, 0.25) is 0 Å². The molecule has 2 heteroatoms. The molecule has 2 nitrogen and oxygen atoms in total. The average Bonchev–Trinajstić information content (AvgIpc) is 2.50. The van der Waals surface area contributed by atoms with E-state index < -0.39 is 0 Å². The van der Waals surface area contributed by atoms with Crippen molar-refractivity contribution >= 4 is 11.4 Å². The maximum absolute atomic E-state index is 6.27. The highest BCUT2D eigenvalue weighted by Crippen LogP contribution is 2.41. The van der Waals surface area contributed by atoms with Crippen LogP contribution in [0.15, 0.2) is 0 Å². The van der Waals surface area contributed by atoms with Gasteiger partial charge in [-0.05, 0) is 111 Å². The van der Waals surface area contributed by atoms with Crippen LogP contribution in [-0.2, 0) is 0 Å². The van der Waals surface area contributed by atoms with E-state index in [1.165, 1.54) is 55.6 Å². The second-order valence-electron chi connectivity index (χ2n) is 6.58. The summed E-state index contributed by atoms with van der Waals surface area (Å²) in [5.74, 6) is 0. The Morgan fingerprint density at radius 3 is 0.727 bits per heavy atom. The lowest BCUT2D eigenvalue weighted by Crippen LogP contribution is -2.07. The predicted molar refractivity (Wildman–Crippen MR) is 98.6 cm³/mol. The Morgan fingerprint density at radius 1 is 0.364 bits per heavy atom. The van der Waals surface area contributed by atoms with Crippen molar-refractivity contribution in [2.45, 2.75) is 55.4 Å². The zero-order chi connectivity index (χ0) is 16.9. The van der Waals surface area contributed by atoms with Gasteiger partial charge in [-0.25, -0.2) is 0 Å². The van der Waals surface area contributed by atoms with Crippen molar-refractivity contribution in [2.24, 2.45) is 0 Å². The fraction of sp³-hybridized carbons (Fsp3) is 0.400. The third kappa shape index (κ3) is 2.09. The van der Waals surface area contributed by atoms with Crippen molar-refractivity contribution in [3.05, 3.63) is 44.5 Å². The van der Waals surface area contributed by atoms with Crippen LogP contribution in [0, 0.1) is 55.4 Å². The molecule has 0 spiro atoms. The molecule has 0 fully saturated rings. The molecular weight excluding hydrogens is 268 g/mol. The van der Waals surface area contributed by atoms with Gasteiger partial charge >= 0.3 is 0 Å². The fourth-order valence-electron chi connectivity index (χ4n) is 3.43. The third-order valence-corrected chi connectivity index (χ3v) is 5.62. The van der Waals surface area contributed by atoms with E-state index in [4.69, 9.17) is 11.5 Å². The molecule has 2 aromatic rings. The Kier molecular flexibility index (Phi) is 3.99. The van der Waals surface area contributed by atoms with Crippen LogP contribution in [0.4, 0.5) is 11.4 Å².